The van der Waals surface area contributed by atoms with Gasteiger partial charge in [0.25, 0.3) is 0 Å². The van der Waals surface area contributed by atoms with E-state index in [0.717, 1.165) is 5.56 Å². The number of benzene rings is 1. The Morgan fingerprint density at radius 2 is 1.78 bits per heavy atom. The zero-order valence-electron chi connectivity index (χ0n) is 13.5. The number of methoxy groups -OCH3 is 2. The van der Waals surface area contributed by atoms with Gasteiger partial charge in [0.05, 0.1) is 14.2 Å². The molecule has 1 heterocycles. The van der Waals surface area contributed by atoms with E-state index in [-0.39, 0.29) is 6.61 Å². The molecule has 122 valence electrons. The van der Waals surface area contributed by atoms with Gasteiger partial charge < -0.3 is 18.6 Å². The van der Waals surface area contributed by atoms with Gasteiger partial charge in [-0.1, -0.05) is 11.6 Å². The smallest absolute Gasteiger partial charge is 0.342 e. The summed E-state index contributed by atoms with van der Waals surface area (Å²) in [6.07, 6.45) is 0. The Labute approximate surface area is 134 Å². The van der Waals surface area contributed by atoms with Crippen LogP contribution >= 0.6 is 0 Å². The predicted molar refractivity (Wildman–Crippen MR) is 81.6 cm³/mol. The number of esters is 2. The van der Waals surface area contributed by atoms with Crippen LogP contribution in [0.15, 0.2) is 28.7 Å². The lowest BCUT2D eigenvalue weighted by molar-refractivity contribution is 0.0440. The molecule has 6 nitrogen and oxygen atoms in total. The number of carbonyl (C=O) groups excluding carboxylic acids is 2. The van der Waals surface area contributed by atoms with Crippen LogP contribution in [0.1, 0.15) is 37.8 Å². The highest BCUT2D eigenvalue weighted by Crippen LogP contribution is 2.22. The molecule has 0 aliphatic carbocycles. The second-order valence-electron chi connectivity index (χ2n) is 4.95. The summed E-state index contributed by atoms with van der Waals surface area (Å²) in [7, 11) is 2.78. The third-order valence-electron chi connectivity index (χ3n) is 3.29. The maximum atomic E-state index is 12.2. The summed E-state index contributed by atoms with van der Waals surface area (Å²) in [4.78, 5) is 23.7. The van der Waals surface area contributed by atoms with E-state index in [1.807, 2.05) is 13.0 Å². The molecule has 23 heavy (non-hydrogen) atoms. The fourth-order valence-corrected chi connectivity index (χ4v) is 2.12. The molecule has 0 amide bonds. The van der Waals surface area contributed by atoms with E-state index in [4.69, 9.17) is 13.9 Å². The molecule has 0 atom stereocenters. The van der Waals surface area contributed by atoms with E-state index in [0.29, 0.717) is 28.4 Å². The number of carbonyl (C=O) groups is 2. The lowest BCUT2D eigenvalue weighted by Gasteiger charge is -2.08. The molecular weight excluding hydrogens is 300 g/mol. The average Bonchev–Trinajstić information content (AvgIpc) is 2.92. The molecule has 0 N–H and O–H groups in total. The molecular formula is C17H18O6. The highest BCUT2D eigenvalue weighted by Gasteiger charge is 2.18. The Bertz CT molecular complexity index is 729. The van der Waals surface area contributed by atoms with Gasteiger partial charge in [0, 0.05) is 0 Å². The molecule has 0 unspecified atom stereocenters. The van der Waals surface area contributed by atoms with Gasteiger partial charge in [0.15, 0.2) is 0 Å². The number of ether oxygens (including phenoxy) is 3. The first-order valence-electron chi connectivity index (χ1n) is 6.95. The largest absolute Gasteiger partial charge is 0.496 e. The van der Waals surface area contributed by atoms with E-state index in [1.165, 1.54) is 20.3 Å². The van der Waals surface area contributed by atoms with Crippen molar-refractivity contribution in [2.75, 3.05) is 14.2 Å². The maximum Gasteiger partial charge on any atom is 0.342 e. The fraction of sp³-hybridized carbons (Fsp3) is 0.294. The molecule has 0 radical (unpaired) electrons. The first kappa shape index (κ1) is 16.6. The van der Waals surface area contributed by atoms with Crippen LogP contribution in [0.25, 0.3) is 0 Å². The summed E-state index contributed by atoms with van der Waals surface area (Å²) in [5.74, 6) is 0.189. The van der Waals surface area contributed by atoms with Crippen molar-refractivity contribution >= 4 is 11.9 Å². The molecule has 2 aromatic rings. The maximum absolute atomic E-state index is 12.2. The van der Waals surface area contributed by atoms with Gasteiger partial charge in [-0.05, 0) is 32.0 Å². The highest BCUT2D eigenvalue weighted by atomic mass is 16.5. The minimum atomic E-state index is -0.528. The standard InChI is InChI=1S/C17H18O6/c1-10-5-6-15(20-3)14(7-10)17(19)22-9-12-8-13(11(2)23-12)16(18)21-4/h5-8H,9H2,1-4H3. The predicted octanol–water partition coefficient (Wildman–Crippen LogP) is 3.05. The minimum absolute atomic E-state index is 0.0895. The van der Waals surface area contributed by atoms with E-state index >= 15 is 0 Å². The Morgan fingerprint density at radius 3 is 2.43 bits per heavy atom. The summed E-state index contributed by atoms with van der Waals surface area (Å²) >= 11 is 0. The second kappa shape index (κ2) is 7.00. The third kappa shape index (κ3) is 3.71. The van der Waals surface area contributed by atoms with Gasteiger partial charge in [-0.15, -0.1) is 0 Å². The Hall–Kier alpha value is -2.76. The normalized spacial score (nSPS) is 10.3. The van der Waals surface area contributed by atoms with Crippen LogP contribution in [0.2, 0.25) is 0 Å². The van der Waals surface area contributed by atoms with Gasteiger partial charge in [0.2, 0.25) is 0 Å². The number of aryl methyl sites for hydroxylation is 2. The van der Waals surface area contributed by atoms with E-state index in [2.05, 4.69) is 4.74 Å². The molecule has 0 saturated heterocycles. The quantitative estimate of drug-likeness (QED) is 0.789. The van der Waals surface area contributed by atoms with Crippen molar-refractivity contribution in [1.29, 1.82) is 0 Å². The molecule has 1 aromatic heterocycles. The van der Waals surface area contributed by atoms with Gasteiger partial charge in [0.1, 0.15) is 35.0 Å². The average molecular weight is 318 g/mol. The molecule has 0 fully saturated rings. The van der Waals surface area contributed by atoms with E-state index in [9.17, 15) is 9.59 Å². The molecule has 0 aliphatic rings. The van der Waals surface area contributed by atoms with Crippen LogP contribution in [-0.4, -0.2) is 26.2 Å². The number of rotatable bonds is 5. The number of hydrogen-bond donors (Lipinski definition) is 0. The van der Waals surface area contributed by atoms with Crippen molar-refractivity contribution in [3.05, 3.63) is 52.5 Å². The number of hydrogen-bond acceptors (Lipinski definition) is 6. The van der Waals surface area contributed by atoms with Crippen molar-refractivity contribution in [2.24, 2.45) is 0 Å². The zero-order chi connectivity index (χ0) is 17.0. The first-order valence-corrected chi connectivity index (χ1v) is 6.95. The summed E-state index contributed by atoms with van der Waals surface area (Å²) in [5.41, 5.74) is 1.57. The van der Waals surface area contributed by atoms with Crippen LogP contribution in [-0.2, 0) is 16.1 Å². The van der Waals surface area contributed by atoms with Gasteiger partial charge in [-0.25, -0.2) is 9.59 Å². The summed E-state index contributed by atoms with van der Waals surface area (Å²) in [6.45, 7) is 3.42. The molecule has 0 saturated carbocycles. The molecule has 1 aromatic carbocycles. The topological polar surface area (TPSA) is 75.0 Å². The lowest BCUT2D eigenvalue weighted by atomic mass is 10.1. The van der Waals surface area contributed by atoms with Gasteiger partial charge in [-0.3, -0.25) is 0 Å². The molecule has 0 bridgehead atoms. The molecule has 0 aliphatic heterocycles. The van der Waals surface area contributed by atoms with Crippen molar-refractivity contribution in [3.63, 3.8) is 0 Å². The summed E-state index contributed by atoms with van der Waals surface area (Å²) < 4.78 is 20.4. The highest BCUT2D eigenvalue weighted by molar-refractivity contribution is 5.93. The lowest BCUT2D eigenvalue weighted by Crippen LogP contribution is -2.07. The number of furan rings is 1. The van der Waals surface area contributed by atoms with Crippen molar-refractivity contribution < 1.29 is 28.2 Å². The van der Waals surface area contributed by atoms with E-state index < -0.39 is 11.9 Å². The monoisotopic (exact) mass is 318 g/mol. The first-order chi connectivity index (χ1) is 11.0. The van der Waals surface area contributed by atoms with Crippen molar-refractivity contribution in [2.45, 2.75) is 20.5 Å². The Kier molecular flexibility index (Phi) is 5.05. The minimum Gasteiger partial charge on any atom is -0.496 e. The third-order valence-corrected chi connectivity index (χ3v) is 3.29. The summed E-state index contributed by atoms with van der Waals surface area (Å²) in [5, 5.41) is 0. The van der Waals surface area contributed by atoms with Crippen LogP contribution in [0.3, 0.4) is 0 Å². The van der Waals surface area contributed by atoms with Crippen LogP contribution in [0.4, 0.5) is 0 Å². The van der Waals surface area contributed by atoms with Crippen LogP contribution in [0, 0.1) is 13.8 Å². The molecule has 2 rings (SSSR count). The van der Waals surface area contributed by atoms with Crippen molar-refractivity contribution in [3.8, 4) is 5.75 Å². The van der Waals surface area contributed by atoms with Gasteiger partial charge >= 0.3 is 11.9 Å². The van der Waals surface area contributed by atoms with Gasteiger partial charge in [-0.2, -0.15) is 0 Å². The Balaban J connectivity index is 2.11. The second-order valence-corrected chi connectivity index (χ2v) is 4.95. The molecule has 0 spiro atoms. The molecule has 6 heteroatoms. The fourth-order valence-electron chi connectivity index (χ4n) is 2.12. The van der Waals surface area contributed by atoms with Crippen LogP contribution < -0.4 is 4.74 Å². The SMILES string of the molecule is COC(=O)c1cc(COC(=O)c2cc(C)ccc2OC)oc1C. The Morgan fingerprint density at radius 1 is 1.04 bits per heavy atom. The van der Waals surface area contributed by atoms with E-state index in [1.54, 1.807) is 19.1 Å². The zero-order valence-corrected chi connectivity index (χ0v) is 13.5. The summed E-state index contributed by atoms with van der Waals surface area (Å²) in [6, 6.07) is 6.74. The van der Waals surface area contributed by atoms with Crippen LogP contribution in [0.5, 0.6) is 5.75 Å². The van der Waals surface area contributed by atoms with Crippen molar-refractivity contribution in [1.82, 2.24) is 0 Å².